The topological polar surface area (TPSA) is 18.5 Å². The molecule has 0 spiro atoms. The first-order chi connectivity index (χ1) is 24.6. The van der Waals surface area contributed by atoms with Gasteiger partial charge in [0.05, 0.1) is 24.3 Å². The molecule has 0 aromatic heterocycles. The molecule has 4 aromatic rings. The van der Waals surface area contributed by atoms with Gasteiger partial charge in [0, 0.05) is 41.0 Å². The van der Waals surface area contributed by atoms with Crippen molar-refractivity contribution in [3.05, 3.63) is 141 Å². The van der Waals surface area contributed by atoms with Crippen LogP contribution in [0.15, 0.2) is 61.2 Å². The SMILES string of the molecule is C=CC(CCCOc1cc(F)c(C#Cc2cc(F)c(C)c(F)c2)c(F)c1)CCCOc1cc(F)c(C#Cc2cc(F)c(C(F)(F)F)c(F)c2)c(F)c1. The molecule has 1 atom stereocenters. The molecule has 0 bridgehead atoms. The zero-order valence-corrected chi connectivity index (χ0v) is 27.2. The Kier molecular flexibility index (Phi) is 13.0. The summed E-state index contributed by atoms with van der Waals surface area (Å²) in [5.41, 5.74) is -4.35. The summed E-state index contributed by atoms with van der Waals surface area (Å²) in [5.74, 6) is -1.52. The van der Waals surface area contributed by atoms with Gasteiger partial charge in [0.25, 0.3) is 0 Å². The van der Waals surface area contributed by atoms with Gasteiger partial charge in [-0.1, -0.05) is 29.8 Å². The summed E-state index contributed by atoms with van der Waals surface area (Å²) < 4.78 is 162. The van der Waals surface area contributed by atoms with E-state index in [4.69, 9.17) is 9.47 Å². The van der Waals surface area contributed by atoms with Crippen LogP contribution in [0.25, 0.3) is 0 Å². The van der Waals surface area contributed by atoms with Crippen LogP contribution in [0.1, 0.15) is 59.1 Å². The van der Waals surface area contributed by atoms with E-state index >= 15 is 0 Å². The molecule has 0 saturated heterocycles. The molecule has 0 fully saturated rings. The van der Waals surface area contributed by atoms with Crippen LogP contribution in [0.2, 0.25) is 0 Å². The van der Waals surface area contributed by atoms with Gasteiger partial charge in [0.2, 0.25) is 0 Å². The molecule has 0 saturated carbocycles. The fourth-order valence-corrected chi connectivity index (χ4v) is 4.86. The van der Waals surface area contributed by atoms with E-state index in [0.717, 1.165) is 36.4 Å². The lowest BCUT2D eigenvalue weighted by Crippen LogP contribution is -2.11. The molecule has 52 heavy (non-hydrogen) atoms. The molecular formula is C39H27F11O2. The summed E-state index contributed by atoms with van der Waals surface area (Å²) in [4.78, 5) is 0. The second-order valence-corrected chi connectivity index (χ2v) is 11.4. The van der Waals surface area contributed by atoms with E-state index in [0.29, 0.717) is 37.8 Å². The zero-order valence-electron chi connectivity index (χ0n) is 27.2. The van der Waals surface area contributed by atoms with Gasteiger partial charge < -0.3 is 9.47 Å². The average molecular weight is 737 g/mol. The molecule has 0 aliphatic heterocycles. The van der Waals surface area contributed by atoms with Gasteiger partial charge in [0.15, 0.2) is 0 Å². The van der Waals surface area contributed by atoms with E-state index < -0.39 is 75.0 Å². The number of benzene rings is 4. The summed E-state index contributed by atoms with van der Waals surface area (Å²) in [5, 5.41) is 0. The third kappa shape index (κ3) is 10.3. The number of allylic oxidation sites excluding steroid dienone is 1. The molecule has 4 aromatic carbocycles. The highest BCUT2D eigenvalue weighted by Crippen LogP contribution is 2.34. The molecule has 1 unspecified atom stereocenters. The van der Waals surface area contributed by atoms with Gasteiger partial charge in [-0.3, -0.25) is 0 Å². The standard InChI is InChI=1S/C39H27F11O2/c1-3-23(6-4-12-51-26-18-32(42)28(33(43)19-26)10-8-24-14-30(40)22(2)31(41)15-24)7-5-13-52-27-20-34(44)29(35(45)21-27)11-9-25-16-36(46)38(37(47)17-25)39(48,49)50/h3,14-21,23H,1,4-7,12-13H2,2H3. The number of hydrogen-bond donors (Lipinski definition) is 0. The van der Waals surface area contributed by atoms with E-state index in [1.165, 1.54) is 6.92 Å². The van der Waals surface area contributed by atoms with Crippen LogP contribution in [0.4, 0.5) is 48.3 Å². The smallest absolute Gasteiger partial charge is 0.422 e. The third-order valence-electron chi connectivity index (χ3n) is 7.61. The predicted molar refractivity (Wildman–Crippen MR) is 170 cm³/mol. The van der Waals surface area contributed by atoms with Gasteiger partial charge >= 0.3 is 6.18 Å². The van der Waals surface area contributed by atoms with E-state index in [1.807, 2.05) is 5.92 Å². The van der Waals surface area contributed by atoms with Crippen LogP contribution >= 0.6 is 0 Å². The largest absolute Gasteiger partial charge is 0.493 e. The highest BCUT2D eigenvalue weighted by atomic mass is 19.4. The first kappa shape index (κ1) is 39.4. The molecule has 0 aliphatic carbocycles. The quantitative estimate of drug-likeness (QED) is 0.0661. The summed E-state index contributed by atoms with van der Waals surface area (Å²) >= 11 is 0. The number of halogens is 11. The van der Waals surface area contributed by atoms with Crippen LogP contribution in [0.3, 0.4) is 0 Å². The molecule has 0 amide bonds. The minimum atomic E-state index is -5.28. The van der Waals surface area contributed by atoms with Crippen molar-refractivity contribution in [1.82, 2.24) is 0 Å². The molecule has 4 rings (SSSR count). The highest BCUT2D eigenvalue weighted by Gasteiger charge is 2.37. The number of rotatable bonds is 11. The summed E-state index contributed by atoms with van der Waals surface area (Å²) in [6, 6.07) is 6.08. The molecule has 13 heteroatoms. The average Bonchev–Trinajstić information content (AvgIpc) is 3.04. The van der Waals surface area contributed by atoms with Gasteiger partial charge in [0.1, 0.15) is 63.6 Å². The lowest BCUT2D eigenvalue weighted by molar-refractivity contribution is -0.142. The molecule has 0 heterocycles. The van der Waals surface area contributed by atoms with Crippen molar-refractivity contribution < 1.29 is 57.8 Å². The van der Waals surface area contributed by atoms with Crippen molar-refractivity contribution in [2.24, 2.45) is 5.92 Å². The summed E-state index contributed by atoms with van der Waals surface area (Å²) in [6.45, 7) is 5.17. The fourth-order valence-electron chi connectivity index (χ4n) is 4.86. The molecule has 272 valence electrons. The van der Waals surface area contributed by atoms with Gasteiger partial charge in [-0.15, -0.1) is 6.58 Å². The van der Waals surface area contributed by atoms with Crippen LogP contribution in [-0.2, 0) is 6.18 Å². The maximum atomic E-state index is 14.6. The molecule has 2 nitrogen and oxygen atoms in total. The van der Waals surface area contributed by atoms with Crippen LogP contribution < -0.4 is 9.47 Å². The predicted octanol–water partition coefficient (Wildman–Crippen LogP) is 10.7. The minimum Gasteiger partial charge on any atom is -0.493 e. The highest BCUT2D eigenvalue weighted by molar-refractivity contribution is 5.48. The van der Waals surface area contributed by atoms with E-state index in [-0.39, 0.29) is 41.8 Å². The van der Waals surface area contributed by atoms with Gasteiger partial charge in [-0.2, -0.15) is 13.2 Å². The third-order valence-corrected chi connectivity index (χ3v) is 7.61. The number of alkyl halides is 3. The Hall–Kier alpha value is -5.43. The Morgan fingerprint density at radius 1 is 0.577 bits per heavy atom. The second-order valence-electron chi connectivity index (χ2n) is 11.4. The lowest BCUT2D eigenvalue weighted by Gasteiger charge is -2.14. The van der Waals surface area contributed by atoms with Crippen LogP contribution in [0.5, 0.6) is 11.5 Å². The Bertz CT molecular complexity index is 1990. The maximum absolute atomic E-state index is 14.6. The first-order valence-electron chi connectivity index (χ1n) is 15.5. The van der Waals surface area contributed by atoms with Crippen molar-refractivity contribution in [1.29, 1.82) is 0 Å². The summed E-state index contributed by atoms with van der Waals surface area (Å²) in [6.07, 6.45) is -1.55. The molecular weight excluding hydrogens is 709 g/mol. The lowest BCUT2D eigenvalue weighted by atomic mass is 9.98. The van der Waals surface area contributed by atoms with Crippen molar-refractivity contribution >= 4 is 0 Å². The number of hydrogen-bond acceptors (Lipinski definition) is 2. The monoisotopic (exact) mass is 736 g/mol. The maximum Gasteiger partial charge on any atom is 0.422 e. The van der Waals surface area contributed by atoms with Crippen LogP contribution in [0, 0.1) is 83.1 Å². The van der Waals surface area contributed by atoms with Crippen molar-refractivity contribution in [3.8, 4) is 35.2 Å². The van der Waals surface area contributed by atoms with Gasteiger partial charge in [-0.05, 0) is 62.8 Å². The van der Waals surface area contributed by atoms with E-state index in [9.17, 15) is 48.3 Å². The van der Waals surface area contributed by atoms with Gasteiger partial charge in [-0.25, -0.2) is 35.1 Å². The van der Waals surface area contributed by atoms with Crippen molar-refractivity contribution in [3.63, 3.8) is 0 Å². The molecule has 0 N–H and O–H groups in total. The van der Waals surface area contributed by atoms with E-state index in [1.54, 1.807) is 6.08 Å². The minimum absolute atomic E-state index is 0.0271. The van der Waals surface area contributed by atoms with E-state index in [2.05, 4.69) is 24.3 Å². The van der Waals surface area contributed by atoms with Crippen LogP contribution in [-0.4, -0.2) is 13.2 Å². The van der Waals surface area contributed by atoms with Crippen molar-refractivity contribution in [2.45, 2.75) is 38.8 Å². The Labute approximate surface area is 291 Å². The Morgan fingerprint density at radius 2 is 0.942 bits per heavy atom. The molecule has 0 radical (unpaired) electrons. The second kappa shape index (κ2) is 17.2. The number of ether oxygens (including phenoxy) is 2. The molecule has 0 aliphatic rings. The first-order valence-corrected chi connectivity index (χ1v) is 15.5. The summed E-state index contributed by atoms with van der Waals surface area (Å²) in [7, 11) is 0. The zero-order chi connectivity index (χ0) is 38.2. The Morgan fingerprint density at radius 3 is 1.29 bits per heavy atom. The fraction of sp³-hybridized carbons (Fsp3) is 0.231. The Balaban J connectivity index is 1.24. The van der Waals surface area contributed by atoms with Crippen molar-refractivity contribution in [2.75, 3.05) is 13.2 Å². The normalized spacial score (nSPS) is 11.6.